The van der Waals surface area contributed by atoms with Crippen LogP contribution >= 0.6 is 0 Å². The maximum atomic E-state index is 12.7. The lowest BCUT2D eigenvalue weighted by Crippen LogP contribution is -2.26. The Bertz CT molecular complexity index is 938. The maximum absolute atomic E-state index is 12.7. The first-order chi connectivity index (χ1) is 12.4. The van der Waals surface area contributed by atoms with Gasteiger partial charge in [-0.25, -0.2) is 4.79 Å². The first kappa shape index (κ1) is 17.9. The maximum Gasteiger partial charge on any atom is 0.342 e. The standard InChI is InChI=1S/C16H18N4O5S/c1-2-25-16(22)11-10-17-18-15(11)26(23,24)19-12-6-3-4-7-13(12)20-9-5-8-14(20)21/h3-4,6-7,10,19H,2,5,8-9H2,1H3,(H,17,18). The van der Waals surface area contributed by atoms with E-state index in [-0.39, 0.29) is 23.8 Å². The summed E-state index contributed by atoms with van der Waals surface area (Å²) >= 11 is 0. The lowest BCUT2D eigenvalue weighted by molar-refractivity contribution is -0.117. The number of nitrogens with zero attached hydrogens (tertiary/aromatic N) is 2. The van der Waals surface area contributed by atoms with Crippen molar-refractivity contribution in [1.82, 2.24) is 10.2 Å². The highest BCUT2D eigenvalue weighted by Crippen LogP contribution is 2.31. The summed E-state index contributed by atoms with van der Waals surface area (Å²) in [7, 11) is -4.14. The highest BCUT2D eigenvalue weighted by molar-refractivity contribution is 7.92. The lowest BCUT2D eigenvalue weighted by Gasteiger charge is -2.20. The Morgan fingerprint density at radius 1 is 1.38 bits per heavy atom. The summed E-state index contributed by atoms with van der Waals surface area (Å²) in [4.78, 5) is 25.5. The molecule has 1 aliphatic rings. The predicted molar refractivity (Wildman–Crippen MR) is 93.4 cm³/mol. The van der Waals surface area contributed by atoms with Gasteiger partial charge in [-0.2, -0.15) is 13.5 Å². The van der Waals surface area contributed by atoms with Gasteiger partial charge in [0.05, 0.1) is 24.2 Å². The molecule has 0 saturated carbocycles. The van der Waals surface area contributed by atoms with Crippen LogP contribution in [-0.4, -0.2) is 43.6 Å². The highest BCUT2D eigenvalue weighted by Gasteiger charge is 2.29. The Labute approximate surface area is 150 Å². The van der Waals surface area contributed by atoms with Gasteiger partial charge in [0.25, 0.3) is 10.0 Å². The van der Waals surface area contributed by atoms with Crippen LogP contribution in [0.2, 0.25) is 0 Å². The van der Waals surface area contributed by atoms with Crippen molar-refractivity contribution < 1.29 is 22.7 Å². The van der Waals surface area contributed by atoms with E-state index < -0.39 is 21.0 Å². The number of aromatic nitrogens is 2. The zero-order valence-corrected chi connectivity index (χ0v) is 14.9. The molecule has 1 saturated heterocycles. The summed E-state index contributed by atoms with van der Waals surface area (Å²) in [5.74, 6) is -0.852. The molecule has 0 aliphatic carbocycles. The van der Waals surface area contributed by atoms with Gasteiger partial charge in [0.15, 0.2) is 5.03 Å². The molecule has 2 N–H and O–H groups in total. The molecule has 1 aromatic heterocycles. The number of aromatic amines is 1. The quantitative estimate of drug-likeness (QED) is 0.735. The van der Waals surface area contributed by atoms with Crippen molar-refractivity contribution in [3.05, 3.63) is 36.0 Å². The fourth-order valence-electron chi connectivity index (χ4n) is 2.73. The number of anilines is 2. The van der Waals surface area contributed by atoms with Gasteiger partial charge in [-0.1, -0.05) is 12.1 Å². The molecule has 1 amide bonds. The van der Waals surface area contributed by atoms with Crippen LogP contribution in [0.4, 0.5) is 11.4 Å². The van der Waals surface area contributed by atoms with E-state index >= 15 is 0 Å². The molecule has 2 aromatic rings. The number of sulfonamides is 1. The van der Waals surface area contributed by atoms with Gasteiger partial charge >= 0.3 is 5.97 Å². The smallest absolute Gasteiger partial charge is 0.342 e. The molecular weight excluding hydrogens is 360 g/mol. The molecule has 138 valence electrons. The van der Waals surface area contributed by atoms with Crippen LogP contribution in [0, 0.1) is 0 Å². The van der Waals surface area contributed by atoms with E-state index in [4.69, 9.17) is 4.74 Å². The van der Waals surface area contributed by atoms with Gasteiger partial charge in [-0.05, 0) is 25.5 Å². The summed E-state index contributed by atoms with van der Waals surface area (Å²) in [6.45, 7) is 2.25. The second kappa shape index (κ2) is 7.16. The van der Waals surface area contributed by atoms with Crippen molar-refractivity contribution in [2.24, 2.45) is 0 Å². The summed E-state index contributed by atoms with van der Waals surface area (Å²) in [5, 5.41) is 5.57. The van der Waals surface area contributed by atoms with Crippen LogP contribution in [-0.2, 0) is 19.6 Å². The number of hydrogen-bond acceptors (Lipinski definition) is 6. The minimum atomic E-state index is -4.14. The average Bonchev–Trinajstić information content (AvgIpc) is 3.25. The van der Waals surface area contributed by atoms with Crippen molar-refractivity contribution in [1.29, 1.82) is 0 Å². The molecule has 10 heteroatoms. The topological polar surface area (TPSA) is 121 Å². The summed E-state index contributed by atoms with van der Waals surface area (Å²) < 4.78 is 32.8. The molecule has 0 bridgehead atoms. The van der Waals surface area contributed by atoms with Crippen molar-refractivity contribution in [2.45, 2.75) is 24.8 Å². The molecule has 2 heterocycles. The molecule has 0 radical (unpaired) electrons. The summed E-state index contributed by atoms with van der Waals surface area (Å²) in [5.41, 5.74) is 0.525. The first-order valence-electron chi connectivity index (χ1n) is 8.06. The second-order valence-electron chi connectivity index (χ2n) is 5.60. The van der Waals surface area contributed by atoms with E-state index in [9.17, 15) is 18.0 Å². The molecule has 3 rings (SSSR count). The minimum absolute atomic E-state index is 0.0644. The molecule has 9 nitrogen and oxygen atoms in total. The Morgan fingerprint density at radius 3 is 2.85 bits per heavy atom. The van der Waals surface area contributed by atoms with Crippen molar-refractivity contribution >= 4 is 33.3 Å². The van der Waals surface area contributed by atoms with Gasteiger partial charge in [0.2, 0.25) is 5.91 Å². The number of hydrogen-bond donors (Lipinski definition) is 2. The second-order valence-corrected chi connectivity index (χ2v) is 7.22. The zero-order chi connectivity index (χ0) is 18.7. The number of nitrogens with one attached hydrogen (secondary N) is 2. The molecule has 1 fully saturated rings. The van der Waals surface area contributed by atoms with Crippen LogP contribution in [0.15, 0.2) is 35.5 Å². The monoisotopic (exact) mass is 378 g/mol. The van der Waals surface area contributed by atoms with Crippen molar-refractivity contribution in [3.8, 4) is 0 Å². The van der Waals surface area contributed by atoms with E-state index in [0.717, 1.165) is 6.20 Å². The Balaban J connectivity index is 1.94. The number of amides is 1. The van der Waals surface area contributed by atoms with E-state index in [2.05, 4.69) is 14.9 Å². The number of rotatable bonds is 6. The largest absolute Gasteiger partial charge is 0.462 e. The van der Waals surface area contributed by atoms with E-state index in [1.807, 2.05) is 0 Å². The number of H-pyrrole nitrogens is 1. The SMILES string of the molecule is CCOC(=O)c1cn[nH]c1S(=O)(=O)Nc1ccccc1N1CCCC1=O. The Kier molecular flexibility index (Phi) is 4.94. The number of para-hydroxylation sites is 2. The Hall–Kier alpha value is -2.88. The van der Waals surface area contributed by atoms with Crippen LogP contribution in [0.5, 0.6) is 0 Å². The van der Waals surface area contributed by atoms with E-state index in [1.54, 1.807) is 31.2 Å². The molecule has 0 atom stereocenters. The van der Waals surface area contributed by atoms with Gasteiger partial charge < -0.3 is 9.64 Å². The number of carbonyl (C=O) groups excluding carboxylic acids is 2. The fourth-order valence-corrected chi connectivity index (χ4v) is 3.89. The third-order valence-electron chi connectivity index (χ3n) is 3.88. The average molecular weight is 378 g/mol. The predicted octanol–water partition coefficient (Wildman–Crippen LogP) is 1.51. The first-order valence-corrected chi connectivity index (χ1v) is 9.55. The van der Waals surface area contributed by atoms with Crippen molar-refractivity contribution in [2.75, 3.05) is 22.8 Å². The van der Waals surface area contributed by atoms with Crippen LogP contribution in [0.3, 0.4) is 0 Å². The van der Waals surface area contributed by atoms with Crippen LogP contribution in [0.1, 0.15) is 30.1 Å². The number of ether oxygens (including phenoxy) is 1. The molecule has 26 heavy (non-hydrogen) atoms. The van der Waals surface area contributed by atoms with Gasteiger partial charge in [-0.3, -0.25) is 14.6 Å². The van der Waals surface area contributed by atoms with Crippen molar-refractivity contribution in [3.63, 3.8) is 0 Å². The summed E-state index contributed by atoms with van der Waals surface area (Å²) in [6.07, 6.45) is 2.24. The van der Waals surface area contributed by atoms with Gasteiger partial charge in [0.1, 0.15) is 5.56 Å². The molecule has 1 aromatic carbocycles. The van der Waals surface area contributed by atoms with Crippen LogP contribution in [0.25, 0.3) is 0 Å². The molecular formula is C16H18N4O5S. The van der Waals surface area contributed by atoms with E-state index in [1.165, 1.54) is 4.90 Å². The third-order valence-corrected chi connectivity index (χ3v) is 5.22. The normalized spacial score (nSPS) is 14.5. The molecule has 1 aliphatic heterocycles. The molecule has 0 unspecified atom stereocenters. The summed E-state index contributed by atoms with van der Waals surface area (Å²) in [6, 6.07) is 6.60. The Morgan fingerprint density at radius 2 is 2.15 bits per heavy atom. The highest BCUT2D eigenvalue weighted by atomic mass is 32.2. The minimum Gasteiger partial charge on any atom is -0.462 e. The molecule has 0 spiro atoms. The number of esters is 1. The van der Waals surface area contributed by atoms with E-state index in [0.29, 0.717) is 25.1 Å². The van der Waals surface area contributed by atoms with Gasteiger partial charge in [-0.15, -0.1) is 0 Å². The third kappa shape index (κ3) is 3.40. The number of carbonyl (C=O) groups is 2. The van der Waals surface area contributed by atoms with Crippen LogP contribution < -0.4 is 9.62 Å². The lowest BCUT2D eigenvalue weighted by atomic mass is 10.2. The fraction of sp³-hybridized carbons (Fsp3) is 0.312. The number of benzene rings is 1. The van der Waals surface area contributed by atoms with Gasteiger partial charge in [0, 0.05) is 13.0 Å². The zero-order valence-electron chi connectivity index (χ0n) is 14.1.